The zero-order valence-corrected chi connectivity index (χ0v) is 8.97. The van der Waals surface area contributed by atoms with Crippen LogP contribution in [0.5, 0.6) is 0 Å². The van der Waals surface area contributed by atoms with Gasteiger partial charge in [0.25, 0.3) is 0 Å². The molecule has 0 aromatic carbocycles. The molecular formula is C11H27N. The van der Waals surface area contributed by atoms with Crippen LogP contribution in [0.15, 0.2) is 0 Å². The van der Waals surface area contributed by atoms with Crippen molar-refractivity contribution in [2.75, 3.05) is 0 Å². The summed E-state index contributed by atoms with van der Waals surface area (Å²) in [5.41, 5.74) is 5.72. The molecular weight excluding hydrogens is 146 g/mol. The molecule has 1 nitrogen and oxygen atoms in total. The van der Waals surface area contributed by atoms with Crippen molar-refractivity contribution in [1.82, 2.24) is 0 Å². The van der Waals surface area contributed by atoms with E-state index in [1.807, 2.05) is 13.8 Å². The van der Waals surface area contributed by atoms with Crippen molar-refractivity contribution >= 4 is 0 Å². The average molecular weight is 173 g/mol. The number of nitrogens with two attached hydrogens (primary N) is 1. The Morgan fingerprint density at radius 3 is 2.17 bits per heavy atom. The normalized spacial score (nSPS) is 21.0. The van der Waals surface area contributed by atoms with E-state index in [0.29, 0.717) is 6.04 Å². The minimum absolute atomic E-state index is 0. The molecule has 1 aliphatic rings. The van der Waals surface area contributed by atoms with Gasteiger partial charge < -0.3 is 5.73 Å². The molecule has 0 bridgehead atoms. The van der Waals surface area contributed by atoms with E-state index >= 15 is 0 Å². The first-order valence-corrected chi connectivity index (χ1v) is 5.54. The highest BCUT2D eigenvalue weighted by Gasteiger charge is 2.13. The Kier molecular flexibility index (Phi) is 7.58. The van der Waals surface area contributed by atoms with Gasteiger partial charge >= 0.3 is 0 Å². The van der Waals surface area contributed by atoms with Crippen molar-refractivity contribution in [2.24, 2.45) is 11.7 Å². The van der Waals surface area contributed by atoms with Gasteiger partial charge in [-0.3, -0.25) is 0 Å². The summed E-state index contributed by atoms with van der Waals surface area (Å²) in [7, 11) is 0. The third-order valence-corrected chi connectivity index (χ3v) is 2.43. The third-order valence-electron chi connectivity index (χ3n) is 2.43. The van der Waals surface area contributed by atoms with E-state index in [4.69, 9.17) is 5.73 Å². The number of rotatable bonds is 2. The van der Waals surface area contributed by atoms with Crippen molar-refractivity contribution in [2.45, 2.75) is 65.3 Å². The molecule has 2 N–H and O–H groups in total. The van der Waals surface area contributed by atoms with E-state index in [2.05, 4.69) is 6.92 Å². The molecule has 0 amide bonds. The summed E-state index contributed by atoms with van der Waals surface area (Å²) < 4.78 is 0. The third kappa shape index (κ3) is 5.59. The zero-order valence-electron chi connectivity index (χ0n) is 8.97. The van der Waals surface area contributed by atoms with E-state index in [1.165, 1.54) is 38.5 Å². The van der Waals surface area contributed by atoms with Crippen LogP contribution < -0.4 is 5.73 Å². The fourth-order valence-corrected chi connectivity index (χ4v) is 1.95. The van der Waals surface area contributed by atoms with Gasteiger partial charge in [-0.05, 0) is 19.3 Å². The molecule has 0 spiro atoms. The Morgan fingerprint density at radius 2 is 1.75 bits per heavy atom. The molecule has 0 saturated heterocycles. The predicted octanol–water partition coefficient (Wildman–Crippen LogP) is 3.58. The molecule has 0 aromatic rings. The summed E-state index contributed by atoms with van der Waals surface area (Å²) in [5.74, 6) is 0.953. The van der Waals surface area contributed by atoms with Crippen molar-refractivity contribution in [3.05, 3.63) is 0 Å². The van der Waals surface area contributed by atoms with E-state index in [-0.39, 0.29) is 1.43 Å². The molecule has 1 atom stereocenters. The molecule has 12 heavy (non-hydrogen) atoms. The molecule has 1 saturated carbocycles. The Bertz CT molecular complexity index is 88.1. The standard InChI is InChI=1S/C9H19N.C2H6.H2/c1-8(10)7-9-5-3-2-4-6-9;1-2;/h8-9H,2-7,10H2,1H3;1-2H3;1H. The summed E-state index contributed by atoms with van der Waals surface area (Å²) >= 11 is 0. The summed E-state index contributed by atoms with van der Waals surface area (Å²) in [5, 5.41) is 0. The first-order valence-electron chi connectivity index (χ1n) is 5.54. The van der Waals surface area contributed by atoms with Crippen LogP contribution in [0.3, 0.4) is 0 Å². The Labute approximate surface area is 79.2 Å². The summed E-state index contributed by atoms with van der Waals surface area (Å²) in [6.45, 7) is 6.12. The van der Waals surface area contributed by atoms with Crippen LogP contribution in [0.2, 0.25) is 0 Å². The van der Waals surface area contributed by atoms with Gasteiger partial charge in [0.2, 0.25) is 0 Å². The molecule has 1 unspecified atom stereocenters. The maximum Gasteiger partial charge on any atom is 0.00131 e. The van der Waals surface area contributed by atoms with E-state index in [0.717, 1.165) is 5.92 Å². The summed E-state index contributed by atoms with van der Waals surface area (Å²) in [6.07, 6.45) is 8.45. The van der Waals surface area contributed by atoms with Gasteiger partial charge in [-0.25, -0.2) is 0 Å². The molecule has 1 heteroatoms. The minimum atomic E-state index is 0. The number of hydrogen-bond acceptors (Lipinski definition) is 1. The fraction of sp³-hybridized carbons (Fsp3) is 1.00. The fourth-order valence-electron chi connectivity index (χ4n) is 1.95. The smallest absolute Gasteiger partial charge is 0.00131 e. The molecule has 76 valence electrons. The molecule has 1 aliphatic carbocycles. The van der Waals surface area contributed by atoms with Gasteiger partial charge in [-0.15, -0.1) is 0 Å². The second-order valence-corrected chi connectivity index (χ2v) is 3.72. The van der Waals surface area contributed by atoms with E-state index in [9.17, 15) is 0 Å². The van der Waals surface area contributed by atoms with Crippen molar-refractivity contribution in [3.8, 4) is 0 Å². The van der Waals surface area contributed by atoms with Crippen LogP contribution in [0.4, 0.5) is 0 Å². The maximum absolute atomic E-state index is 5.72. The van der Waals surface area contributed by atoms with Gasteiger partial charge in [0.1, 0.15) is 0 Å². The van der Waals surface area contributed by atoms with Gasteiger partial charge in [0.05, 0.1) is 0 Å². The molecule has 0 aliphatic heterocycles. The molecule has 0 aromatic heterocycles. The van der Waals surface area contributed by atoms with Gasteiger partial charge in [0.15, 0.2) is 0 Å². The predicted molar refractivity (Wildman–Crippen MR) is 58.3 cm³/mol. The molecule has 1 fully saturated rings. The highest BCUT2D eigenvalue weighted by atomic mass is 14.6. The minimum Gasteiger partial charge on any atom is -0.328 e. The highest BCUT2D eigenvalue weighted by molar-refractivity contribution is 4.69. The second kappa shape index (κ2) is 7.60. The topological polar surface area (TPSA) is 26.0 Å². The summed E-state index contributed by atoms with van der Waals surface area (Å²) in [4.78, 5) is 0. The van der Waals surface area contributed by atoms with Crippen LogP contribution >= 0.6 is 0 Å². The van der Waals surface area contributed by atoms with Crippen LogP contribution in [0.1, 0.15) is 60.7 Å². The van der Waals surface area contributed by atoms with Crippen molar-refractivity contribution in [3.63, 3.8) is 0 Å². The molecule has 0 heterocycles. The maximum atomic E-state index is 5.72. The van der Waals surface area contributed by atoms with Gasteiger partial charge in [-0.2, -0.15) is 0 Å². The van der Waals surface area contributed by atoms with Crippen LogP contribution in [0, 0.1) is 5.92 Å². The monoisotopic (exact) mass is 173 g/mol. The van der Waals surface area contributed by atoms with Crippen LogP contribution in [-0.4, -0.2) is 6.04 Å². The SMILES string of the molecule is CC.CC(N)CC1CCCCC1.[HH]. The van der Waals surface area contributed by atoms with Gasteiger partial charge in [-0.1, -0.05) is 46.0 Å². The van der Waals surface area contributed by atoms with Gasteiger partial charge in [0, 0.05) is 7.47 Å². The Morgan fingerprint density at radius 1 is 1.25 bits per heavy atom. The van der Waals surface area contributed by atoms with Crippen molar-refractivity contribution < 1.29 is 1.43 Å². The second-order valence-electron chi connectivity index (χ2n) is 3.72. The number of hydrogen-bond donors (Lipinski definition) is 1. The highest BCUT2D eigenvalue weighted by Crippen LogP contribution is 2.26. The zero-order chi connectivity index (χ0) is 9.40. The Balaban J connectivity index is 0. The van der Waals surface area contributed by atoms with Crippen LogP contribution in [-0.2, 0) is 0 Å². The lowest BCUT2D eigenvalue weighted by Crippen LogP contribution is -2.20. The summed E-state index contributed by atoms with van der Waals surface area (Å²) in [6, 6.07) is 0.420. The first-order chi connectivity index (χ1) is 5.79. The van der Waals surface area contributed by atoms with Crippen molar-refractivity contribution in [1.29, 1.82) is 0 Å². The lowest BCUT2D eigenvalue weighted by Gasteiger charge is -2.22. The van der Waals surface area contributed by atoms with Crippen LogP contribution in [0.25, 0.3) is 0 Å². The molecule has 1 rings (SSSR count). The van der Waals surface area contributed by atoms with E-state index in [1.54, 1.807) is 0 Å². The molecule has 0 radical (unpaired) electrons. The first kappa shape index (κ1) is 12.0. The largest absolute Gasteiger partial charge is 0.328 e. The lowest BCUT2D eigenvalue weighted by molar-refractivity contribution is 0.323. The quantitative estimate of drug-likeness (QED) is 0.678. The van der Waals surface area contributed by atoms with E-state index < -0.39 is 0 Å². The lowest BCUT2D eigenvalue weighted by atomic mass is 9.85. The Hall–Kier alpha value is -0.0400. The average Bonchev–Trinajstić information content (AvgIpc) is 2.08.